The molecule has 0 aliphatic carbocycles. The highest BCUT2D eigenvalue weighted by Crippen LogP contribution is 2.42. The van der Waals surface area contributed by atoms with Crippen LogP contribution in [0.1, 0.15) is 22.8 Å². The summed E-state index contributed by atoms with van der Waals surface area (Å²) in [5, 5.41) is 2.48. The molecule has 0 aromatic heterocycles. The van der Waals surface area contributed by atoms with Gasteiger partial charge in [0.05, 0.1) is 0 Å². The van der Waals surface area contributed by atoms with Crippen molar-refractivity contribution in [3.05, 3.63) is 59.7 Å². The van der Waals surface area contributed by atoms with E-state index in [0.717, 1.165) is 12.1 Å². The molecule has 0 saturated heterocycles. The van der Waals surface area contributed by atoms with Crippen molar-refractivity contribution in [1.82, 2.24) is 5.32 Å². The van der Waals surface area contributed by atoms with Gasteiger partial charge in [0, 0.05) is 12.6 Å². The zero-order chi connectivity index (χ0) is 18.0. The van der Waals surface area contributed by atoms with Crippen LogP contribution in [0.15, 0.2) is 48.5 Å². The molecule has 0 fully saturated rings. The van der Waals surface area contributed by atoms with Crippen molar-refractivity contribution in [2.45, 2.75) is 18.8 Å². The number of alkyl halides is 4. The topological polar surface area (TPSA) is 38.3 Å². The van der Waals surface area contributed by atoms with Crippen molar-refractivity contribution < 1.29 is 27.1 Å². The lowest BCUT2D eigenvalue weighted by Crippen LogP contribution is -2.34. The predicted molar refractivity (Wildman–Crippen MR) is 80.9 cm³/mol. The molecule has 1 N–H and O–H groups in total. The molecule has 0 aliphatic heterocycles. The zero-order valence-corrected chi connectivity index (χ0v) is 12.9. The molecule has 24 heavy (non-hydrogen) atoms. The maximum Gasteiger partial charge on any atom is 0.426 e. The maximum atomic E-state index is 13.8. The molecule has 7 heteroatoms. The van der Waals surface area contributed by atoms with Gasteiger partial charge in [-0.05, 0) is 48.9 Å². The number of hydrogen-bond acceptors (Lipinski definition) is 2. The van der Waals surface area contributed by atoms with E-state index < -0.39 is 17.4 Å². The second-order valence-electron chi connectivity index (χ2n) is 5.23. The Morgan fingerprint density at radius 3 is 1.79 bits per heavy atom. The van der Waals surface area contributed by atoms with Crippen LogP contribution in [0.2, 0.25) is 0 Å². The number of nitrogens with one attached hydrogen (secondary N) is 1. The zero-order valence-electron chi connectivity index (χ0n) is 12.9. The Kier molecular flexibility index (Phi) is 4.82. The van der Waals surface area contributed by atoms with Gasteiger partial charge in [0.25, 0.3) is 5.91 Å². The first-order valence-corrected chi connectivity index (χ1v) is 7.01. The van der Waals surface area contributed by atoms with Gasteiger partial charge in [0.1, 0.15) is 11.5 Å². The molecule has 0 spiro atoms. The molecule has 1 atom stereocenters. The summed E-state index contributed by atoms with van der Waals surface area (Å²) in [6, 6.07) is 10.8. The van der Waals surface area contributed by atoms with Gasteiger partial charge in [0.2, 0.25) is 5.67 Å². The third-order valence-electron chi connectivity index (χ3n) is 3.51. The second-order valence-corrected chi connectivity index (χ2v) is 5.23. The smallest absolute Gasteiger partial charge is 0.426 e. The molecule has 1 unspecified atom stereocenters. The molecule has 3 nitrogen and oxygen atoms in total. The highest BCUT2D eigenvalue weighted by Gasteiger charge is 2.53. The van der Waals surface area contributed by atoms with Crippen LogP contribution in [-0.4, -0.2) is 19.1 Å². The summed E-state index contributed by atoms with van der Waals surface area (Å²) in [5.74, 6) is 0.402. The maximum absolute atomic E-state index is 13.8. The molecule has 0 aliphatic rings. The first-order chi connectivity index (χ1) is 11.1. The summed E-state index contributed by atoms with van der Waals surface area (Å²) in [6.45, 7) is 0.473. The van der Waals surface area contributed by atoms with Gasteiger partial charge in [-0.3, -0.25) is 4.79 Å². The van der Waals surface area contributed by atoms with E-state index in [1.807, 2.05) is 0 Å². The lowest BCUT2D eigenvalue weighted by atomic mass is 9.97. The average Bonchev–Trinajstić information content (AvgIpc) is 2.54. The molecule has 0 radical (unpaired) electrons. The van der Waals surface area contributed by atoms with E-state index in [1.54, 1.807) is 24.3 Å². The molecular formula is C17H15F4NO2. The van der Waals surface area contributed by atoms with Gasteiger partial charge in [-0.1, -0.05) is 12.1 Å². The quantitative estimate of drug-likeness (QED) is 0.827. The summed E-state index contributed by atoms with van der Waals surface area (Å²) in [5.41, 5.74) is -3.49. The fourth-order valence-corrected chi connectivity index (χ4v) is 1.95. The number of carbonyl (C=O) groups excluding carboxylic acids is 1. The Morgan fingerprint density at radius 2 is 1.38 bits per heavy atom. The fraction of sp³-hybridized carbons (Fsp3) is 0.235. The molecule has 2 rings (SSSR count). The van der Waals surface area contributed by atoms with Gasteiger partial charge in [-0.2, -0.15) is 13.2 Å². The summed E-state index contributed by atoms with van der Waals surface area (Å²) < 4.78 is 57.3. The highest BCUT2D eigenvalue weighted by molar-refractivity contribution is 5.94. The summed E-state index contributed by atoms with van der Waals surface area (Å²) >= 11 is 0. The van der Waals surface area contributed by atoms with Crippen molar-refractivity contribution in [3.8, 4) is 11.5 Å². The minimum Gasteiger partial charge on any atom is -0.457 e. The van der Waals surface area contributed by atoms with E-state index >= 15 is 0 Å². The summed E-state index contributed by atoms with van der Waals surface area (Å²) in [6.07, 6.45) is -4.99. The largest absolute Gasteiger partial charge is 0.457 e. The first kappa shape index (κ1) is 17.8. The fourth-order valence-electron chi connectivity index (χ4n) is 1.95. The number of amides is 1. The average molecular weight is 341 g/mol. The third kappa shape index (κ3) is 3.67. The van der Waals surface area contributed by atoms with Gasteiger partial charge in [-0.15, -0.1) is 0 Å². The number of hydrogen-bond donors (Lipinski definition) is 1. The van der Waals surface area contributed by atoms with E-state index in [1.165, 1.54) is 19.2 Å². The molecule has 1 amide bonds. The third-order valence-corrected chi connectivity index (χ3v) is 3.51. The van der Waals surface area contributed by atoms with Crippen molar-refractivity contribution in [2.75, 3.05) is 7.05 Å². The number of benzene rings is 2. The van der Waals surface area contributed by atoms with Crippen molar-refractivity contribution in [3.63, 3.8) is 0 Å². The minimum absolute atomic E-state index is 0.250. The molecule has 2 aromatic rings. The van der Waals surface area contributed by atoms with Gasteiger partial charge in [0.15, 0.2) is 0 Å². The Balaban J connectivity index is 2.13. The Morgan fingerprint density at radius 1 is 0.917 bits per heavy atom. The van der Waals surface area contributed by atoms with Crippen LogP contribution >= 0.6 is 0 Å². The van der Waals surface area contributed by atoms with E-state index in [4.69, 9.17) is 4.74 Å². The highest BCUT2D eigenvalue weighted by atomic mass is 19.4. The van der Waals surface area contributed by atoms with E-state index in [0.29, 0.717) is 18.2 Å². The van der Waals surface area contributed by atoms with Crippen LogP contribution in [-0.2, 0) is 5.67 Å². The molecule has 0 bridgehead atoms. The molecule has 2 aromatic carbocycles. The molecule has 128 valence electrons. The SMILES string of the molecule is CNC(=O)c1ccc(Oc2ccc(C(C)(F)C(F)(F)F)cc2)cc1. The van der Waals surface area contributed by atoms with Crippen LogP contribution < -0.4 is 10.1 Å². The normalized spacial score (nSPS) is 13.9. The van der Waals surface area contributed by atoms with Crippen LogP contribution in [0.25, 0.3) is 0 Å². The number of rotatable bonds is 4. The Hall–Kier alpha value is -2.57. The van der Waals surface area contributed by atoms with Gasteiger partial charge < -0.3 is 10.1 Å². The summed E-state index contributed by atoms with van der Waals surface area (Å²) in [7, 11) is 1.51. The monoisotopic (exact) mass is 341 g/mol. The van der Waals surface area contributed by atoms with Crippen LogP contribution in [0.3, 0.4) is 0 Å². The second kappa shape index (κ2) is 6.51. The standard InChI is InChI=1S/C17H15F4NO2/c1-16(18,17(19,20)21)12-5-9-14(10-6-12)24-13-7-3-11(4-8-13)15(23)22-2/h3-10H,1-2H3,(H,22,23). The lowest BCUT2D eigenvalue weighted by molar-refractivity contribution is -0.228. The predicted octanol–water partition coefficient (Wildman–Crippen LogP) is 4.59. The lowest BCUT2D eigenvalue weighted by Gasteiger charge is -2.24. The molecule has 0 heterocycles. The van der Waals surface area contributed by atoms with Crippen LogP contribution in [0.5, 0.6) is 11.5 Å². The number of carbonyl (C=O) groups is 1. The molecule has 0 saturated carbocycles. The molecular weight excluding hydrogens is 326 g/mol. The Labute approximate surface area is 136 Å². The van der Waals surface area contributed by atoms with Crippen LogP contribution in [0, 0.1) is 0 Å². The summed E-state index contributed by atoms with van der Waals surface area (Å²) in [4.78, 5) is 11.4. The van der Waals surface area contributed by atoms with Crippen molar-refractivity contribution in [1.29, 1.82) is 0 Å². The van der Waals surface area contributed by atoms with E-state index in [-0.39, 0.29) is 11.7 Å². The number of halogens is 4. The minimum atomic E-state index is -4.99. The van der Waals surface area contributed by atoms with Crippen molar-refractivity contribution >= 4 is 5.91 Å². The van der Waals surface area contributed by atoms with E-state index in [2.05, 4.69) is 5.32 Å². The number of ether oxygens (including phenoxy) is 1. The van der Waals surface area contributed by atoms with Crippen LogP contribution in [0.4, 0.5) is 17.6 Å². The van der Waals surface area contributed by atoms with E-state index in [9.17, 15) is 22.4 Å². The first-order valence-electron chi connectivity index (χ1n) is 7.01. The van der Waals surface area contributed by atoms with Gasteiger partial charge in [-0.25, -0.2) is 4.39 Å². The van der Waals surface area contributed by atoms with Gasteiger partial charge >= 0.3 is 6.18 Å². The van der Waals surface area contributed by atoms with Crippen molar-refractivity contribution in [2.24, 2.45) is 0 Å². The Bertz CT molecular complexity index is 707.